The van der Waals surface area contributed by atoms with Gasteiger partial charge >= 0.3 is 0 Å². The van der Waals surface area contributed by atoms with Gasteiger partial charge in [-0.1, -0.05) is 39.0 Å². The summed E-state index contributed by atoms with van der Waals surface area (Å²) < 4.78 is 0. The number of carbonyl (C=O) groups excluding carboxylic acids is 1. The zero-order valence-electron chi connectivity index (χ0n) is 13.5. The van der Waals surface area contributed by atoms with Crippen molar-refractivity contribution in [2.45, 2.75) is 64.7 Å². The monoisotopic (exact) mass is 316 g/mol. The molecule has 124 valence electrons. The van der Waals surface area contributed by atoms with Crippen LogP contribution in [-0.2, 0) is 4.79 Å². The van der Waals surface area contributed by atoms with E-state index in [1.807, 2.05) is 0 Å². The van der Waals surface area contributed by atoms with E-state index in [1.165, 1.54) is 32.1 Å². The van der Waals surface area contributed by atoms with Gasteiger partial charge in [0.05, 0.1) is 0 Å². The predicted octanol–water partition coefficient (Wildman–Crippen LogP) is 3.52. The zero-order chi connectivity index (χ0) is 14.2. The van der Waals surface area contributed by atoms with E-state index < -0.39 is 0 Å². The summed E-state index contributed by atoms with van der Waals surface area (Å²) in [6.45, 7) is 5.35. The largest absolute Gasteiger partial charge is 0.356 e. The van der Waals surface area contributed by atoms with E-state index in [9.17, 15) is 4.79 Å². The number of halogens is 1. The molecular formula is C17H33ClN2O. The molecule has 1 saturated carbocycles. The molecule has 1 aliphatic carbocycles. The molecule has 1 amide bonds. The highest BCUT2D eigenvalue weighted by Gasteiger charge is 2.24. The van der Waals surface area contributed by atoms with Crippen molar-refractivity contribution in [1.29, 1.82) is 0 Å². The Balaban J connectivity index is 0.00000220. The van der Waals surface area contributed by atoms with Crippen LogP contribution in [0.2, 0.25) is 0 Å². The van der Waals surface area contributed by atoms with Crippen molar-refractivity contribution >= 4 is 18.3 Å². The van der Waals surface area contributed by atoms with Crippen molar-refractivity contribution in [2.75, 3.05) is 19.6 Å². The van der Waals surface area contributed by atoms with Crippen LogP contribution in [0.25, 0.3) is 0 Å². The summed E-state index contributed by atoms with van der Waals surface area (Å²) in [5, 5.41) is 6.59. The second-order valence-electron chi connectivity index (χ2n) is 6.81. The van der Waals surface area contributed by atoms with E-state index in [1.54, 1.807) is 0 Å². The Morgan fingerprint density at radius 3 is 2.62 bits per heavy atom. The van der Waals surface area contributed by atoms with E-state index in [4.69, 9.17) is 0 Å². The maximum atomic E-state index is 12.4. The van der Waals surface area contributed by atoms with Crippen molar-refractivity contribution in [3.63, 3.8) is 0 Å². The van der Waals surface area contributed by atoms with Gasteiger partial charge in [-0.3, -0.25) is 4.79 Å². The van der Waals surface area contributed by atoms with Crippen molar-refractivity contribution in [3.05, 3.63) is 0 Å². The fourth-order valence-electron chi connectivity index (χ4n) is 3.86. The van der Waals surface area contributed by atoms with Crippen molar-refractivity contribution in [3.8, 4) is 0 Å². The van der Waals surface area contributed by atoms with Gasteiger partial charge < -0.3 is 10.6 Å². The van der Waals surface area contributed by atoms with Gasteiger partial charge in [-0.15, -0.1) is 12.4 Å². The molecule has 1 aliphatic heterocycles. The van der Waals surface area contributed by atoms with E-state index >= 15 is 0 Å². The Morgan fingerprint density at radius 2 is 2.00 bits per heavy atom. The summed E-state index contributed by atoms with van der Waals surface area (Å²) in [4.78, 5) is 12.4. The molecule has 4 heteroatoms. The minimum atomic E-state index is 0. The Hall–Kier alpha value is -0.280. The summed E-state index contributed by atoms with van der Waals surface area (Å²) in [5.74, 6) is 2.18. The van der Waals surface area contributed by atoms with Crippen LogP contribution in [0.5, 0.6) is 0 Å². The molecule has 2 unspecified atom stereocenters. The summed E-state index contributed by atoms with van der Waals surface area (Å²) >= 11 is 0. The Bertz CT molecular complexity index is 287. The lowest BCUT2D eigenvalue weighted by Gasteiger charge is -2.20. The van der Waals surface area contributed by atoms with E-state index in [-0.39, 0.29) is 18.3 Å². The topological polar surface area (TPSA) is 41.1 Å². The van der Waals surface area contributed by atoms with Crippen molar-refractivity contribution in [1.82, 2.24) is 10.6 Å². The van der Waals surface area contributed by atoms with E-state index in [0.29, 0.717) is 5.91 Å². The summed E-state index contributed by atoms with van der Waals surface area (Å²) in [7, 11) is 0. The average Bonchev–Trinajstić information content (AvgIpc) is 3.11. The van der Waals surface area contributed by atoms with Crippen LogP contribution >= 0.6 is 12.4 Å². The molecule has 0 spiro atoms. The van der Waals surface area contributed by atoms with Gasteiger partial charge in [0.15, 0.2) is 0 Å². The molecule has 0 aromatic heterocycles. The summed E-state index contributed by atoms with van der Waals surface area (Å²) in [5.41, 5.74) is 0. The summed E-state index contributed by atoms with van der Waals surface area (Å²) in [6.07, 6.45) is 11.2. The van der Waals surface area contributed by atoms with Crippen molar-refractivity contribution in [2.24, 2.45) is 17.8 Å². The lowest BCUT2D eigenvalue weighted by atomic mass is 9.89. The van der Waals surface area contributed by atoms with Gasteiger partial charge in [-0.25, -0.2) is 0 Å². The first-order valence-corrected chi connectivity index (χ1v) is 8.78. The molecule has 1 saturated heterocycles. The third-order valence-electron chi connectivity index (χ3n) is 5.11. The van der Waals surface area contributed by atoms with Crippen LogP contribution in [-0.4, -0.2) is 25.5 Å². The number of nitrogens with one attached hydrogen (secondary N) is 2. The highest BCUT2D eigenvalue weighted by molar-refractivity contribution is 5.85. The molecule has 0 bridgehead atoms. The molecule has 2 fully saturated rings. The lowest BCUT2D eigenvalue weighted by Crippen LogP contribution is -2.33. The normalized spacial score (nSPS) is 23.8. The third kappa shape index (κ3) is 6.56. The molecule has 1 heterocycles. The second-order valence-corrected chi connectivity index (χ2v) is 6.81. The van der Waals surface area contributed by atoms with Crippen LogP contribution < -0.4 is 10.6 Å². The Kier molecular flexibility index (Phi) is 9.34. The number of hydrogen-bond donors (Lipinski definition) is 2. The highest BCUT2D eigenvalue weighted by Crippen LogP contribution is 2.31. The molecule has 0 radical (unpaired) electrons. The standard InChI is InChI=1S/C17H32N2O.ClH/c1-2-5-16(12-14-6-3-4-7-14)17(20)19-11-9-15-8-10-18-13-15;/h14-16,18H,2-13H2,1H3,(H,19,20);1H. The fourth-order valence-corrected chi connectivity index (χ4v) is 3.86. The maximum Gasteiger partial charge on any atom is 0.223 e. The number of amides is 1. The van der Waals surface area contributed by atoms with Gasteiger partial charge in [0.25, 0.3) is 0 Å². The summed E-state index contributed by atoms with van der Waals surface area (Å²) in [6, 6.07) is 0. The Morgan fingerprint density at radius 1 is 1.24 bits per heavy atom. The van der Waals surface area contributed by atoms with Crippen LogP contribution in [0.1, 0.15) is 64.7 Å². The molecule has 21 heavy (non-hydrogen) atoms. The number of hydrogen-bond acceptors (Lipinski definition) is 2. The van der Waals surface area contributed by atoms with Gasteiger partial charge in [-0.05, 0) is 50.6 Å². The quantitative estimate of drug-likeness (QED) is 0.719. The average molecular weight is 317 g/mol. The van der Waals surface area contributed by atoms with Crippen LogP contribution in [0.4, 0.5) is 0 Å². The van der Waals surface area contributed by atoms with Crippen molar-refractivity contribution < 1.29 is 4.79 Å². The molecule has 2 N–H and O–H groups in total. The maximum absolute atomic E-state index is 12.4. The van der Waals surface area contributed by atoms with Gasteiger partial charge in [0.2, 0.25) is 5.91 Å². The van der Waals surface area contributed by atoms with Crippen LogP contribution in [0.3, 0.4) is 0 Å². The number of rotatable bonds is 8. The smallest absolute Gasteiger partial charge is 0.223 e. The first-order valence-electron chi connectivity index (χ1n) is 8.78. The molecule has 0 aromatic rings. The SMILES string of the molecule is CCCC(CC1CCCC1)C(=O)NCCC1CCNC1.Cl. The first-order chi connectivity index (χ1) is 9.79. The first kappa shape index (κ1) is 18.8. The highest BCUT2D eigenvalue weighted by atomic mass is 35.5. The second kappa shape index (κ2) is 10.4. The molecular weight excluding hydrogens is 284 g/mol. The fraction of sp³-hybridized carbons (Fsp3) is 0.941. The van der Waals surface area contributed by atoms with E-state index in [2.05, 4.69) is 17.6 Å². The molecule has 2 aliphatic rings. The predicted molar refractivity (Wildman–Crippen MR) is 90.8 cm³/mol. The van der Waals surface area contributed by atoms with Crippen LogP contribution in [0.15, 0.2) is 0 Å². The third-order valence-corrected chi connectivity index (χ3v) is 5.11. The minimum Gasteiger partial charge on any atom is -0.356 e. The Labute approximate surface area is 136 Å². The van der Waals surface area contributed by atoms with Gasteiger partial charge in [0.1, 0.15) is 0 Å². The molecule has 2 rings (SSSR count). The van der Waals surface area contributed by atoms with E-state index in [0.717, 1.165) is 57.2 Å². The lowest BCUT2D eigenvalue weighted by molar-refractivity contribution is -0.125. The zero-order valence-corrected chi connectivity index (χ0v) is 14.4. The van der Waals surface area contributed by atoms with Crippen LogP contribution in [0, 0.1) is 17.8 Å². The molecule has 3 nitrogen and oxygen atoms in total. The molecule has 0 aromatic carbocycles. The minimum absolute atomic E-state index is 0. The molecule has 2 atom stereocenters. The van der Waals surface area contributed by atoms with Gasteiger partial charge in [0, 0.05) is 12.5 Å². The van der Waals surface area contributed by atoms with Gasteiger partial charge in [-0.2, -0.15) is 0 Å². The number of carbonyl (C=O) groups is 1.